The van der Waals surface area contributed by atoms with Crippen LogP contribution in [0.1, 0.15) is 53.2 Å². The van der Waals surface area contributed by atoms with Gasteiger partial charge in [-0.25, -0.2) is 19.6 Å². The lowest BCUT2D eigenvalue weighted by molar-refractivity contribution is 0.0962. The van der Waals surface area contributed by atoms with E-state index in [1.165, 1.54) is 0 Å². The second-order valence-corrected chi connectivity index (χ2v) is 7.59. The first-order valence-corrected chi connectivity index (χ1v) is 9.85. The van der Waals surface area contributed by atoms with Crippen LogP contribution in [0, 0.1) is 5.92 Å². The maximum absolute atomic E-state index is 12.6. The monoisotopic (exact) mass is 402 g/mol. The first-order valence-electron chi connectivity index (χ1n) is 9.85. The second kappa shape index (κ2) is 8.36. The third kappa shape index (κ3) is 4.32. The molecule has 0 fully saturated rings. The Balaban J connectivity index is 1.41. The van der Waals surface area contributed by atoms with Crippen molar-refractivity contribution in [1.29, 1.82) is 0 Å². The summed E-state index contributed by atoms with van der Waals surface area (Å²) in [6.45, 7) is 3.97. The van der Waals surface area contributed by atoms with Gasteiger partial charge in [0.2, 0.25) is 5.78 Å². The lowest BCUT2D eigenvalue weighted by Gasteiger charge is -2.05. The number of aromatic nitrogens is 6. The van der Waals surface area contributed by atoms with Crippen LogP contribution >= 0.6 is 0 Å². The molecule has 4 aromatic rings. The Morgan fingerprint density at radius 2 is 1.83 bits per heavy atom. The molecule has 0 spiro atoms. The van der Waals surface area contributed by atoms with E-state index in [9.17, 15) is 9.59 Å². The zero-order valence-electron chi connectivity index (χ0n) is 16.9. The van der Waals surface area contributed by atoms with E-state index in [-0.39, 0.29) is 17.5 Å². The fraction of sp³-hybridized carbons (Fsp3) is 0.273. The first kappa shape index (κ1) is 19.6. The second-order valence-electron chi connectivity index (χ2n) is 7.59. The highest BCUT2D eigenvalue weighted by molar-refractivity contribution is 5.98. The Kier molecular flexibility index (Phi) is 5.47. The predicted molar refractivity (Wildman–Crippen MR) is 111 cm³/mol. The van der Waals surface area contributed by atoms with E-state index < -0.39 is 0 Å². The van der Waals surface area contributed by atoms with Crippen LogP contribution in [-0.4, -0.2) is 40.7 Å². The topological polar surface area (TPSA) is 95.0 Å². The number of aryl methyl sites for hydroxylation is 1. The van der Waals surface area contributed by atoms with Crippen molar-refractivity contribution in [3.05, 3.63) is 72.3 Å². The Labute approximate surface area is 173 Å². The van der Waals surface area contributed by atoms with Crippen LogP contribution in [0.3, 0.4) is 0 Å². The van der Waals surface area contributed by atoms with Gasteiger partial charge in [-0.05, 0) is 30.0 Å². The van der Waals surface area contributed by atoms with Gasteiger partial charge in [0.1, 0.15) is 11.4 Å². The summed E-state index contributed by atoms with van der Waals surface area (Å²) in [4.78, 5) is 37.5. The van der Waals surface area contributed by atoms with Crippen molar-refractivity contribution in [2.75, 3.05) is 0 Å². The molecule has 152 valence electrons. The Morgan fingerprint density at radius 3 is 2.63 bits per heavy atom. The van der Waals surface area contributed by atoms with Crippen LogP contribution in [0.2, 0.25) is 0 Å². The molecule has 4 aromatic heterocycles. The van der Waals surface area contributed by atoms with Crippen LogP contribution in [0.25, 0.3) is 11.5 Å². The lowest BCUT2D eigenvalue weighted by Crippen LogP contribution is -2.10. The molecule has 0 radical (unpaired) electrons. The molecule has 0 atom stereocenters. The molecule has 0 saturated heterocycles. The van der Waals surface area contributed by atoms with Crippen molar-refractivity contribution in [2.45, 2.75) is 33.1 Å². The van der Waals surface area contributed by atoms with E-state index in [1.807, 2.05) is 36.8 Å². The average molecular weight is 402 g/mol. The molecule has 0 N–H and O–H groups in total. The standard InChI is InChI=1S/C22H22N6O2/c1-15(2)10-21(30)19-5-3-4-18(26-19)20(29)7-6-16-11-25-28(13-16)17-12-24-22-23-8-9-27(22)14-17/h3-5,8-9,11-15H,6-7,10H2,1-2H3. The number of rotatable bonds is 8. The molecular weight excluding hydrogens is 380 g/mol. The van der Waals surface area contributed by atoms with Gasteiger partial charge in [0, 0.05) is 37.6 Å². The molecule has 4 rings (SSSR count). The van der Waals surface area contributed by atoms with Crippen molar-refractivity contribution >= 4 is 17.3 Å². The highest BCUT2D eigenvalue weighted by Crippen LogP contribution is 2.13. The van der Waals surface area contributed by atoms with E-state index in [0.717, 1.165) is 11.3 Å². The minimum Gasteiger partial charge on any atom is -0.292 e. The van der Waals surface area contributed by atoms with Gasteiger partial charge in [-0.15, -0.1) is 0 Å². The molecule has 0 aliphatic rings. The average Bonchev–Trinajstić information content (AvgIpc) is 3.40. The Hall–Kier alpha value is -3.68. The quantitative estimate of drug-likeness (QED) is 0.420. The van der Waals surface area contributed by atoms with E-state index in [2.05, 4.69) is 20.1 Å². The largest absolute Gasteiger partial charge is 0.292 e. The van der Waals surface area contributed by atoms with E-state index in [1.54, 1.807) is 41.5 Å². The first-order chi connectivity index (χ1) is 14.5. The summed E-state index contributed by atoms with van der Waals surface area (Å²) in [6.07, 6.45) is 12.0. The number of Topliss-reactive ketones (excluding diaryl/α,β-unsaturated/α-hetero) is 2. The van der Waals surface area contributed by atoms with Crippen LogP contribution in [0.4, 0.5) is 0 Å². The van der Waals surface area contributed by atoms with Gasteiger partial charge in [0.15, 0.2) is 11.6 Å². The highest BCUT2D eigenvalue weighted by Gasteiger charge is 2.14. The Bertz CT molecular complexity index is 1210. The van der Waals surface area contributed by atoms with Gasteiger partial charge in [0.25, 0.3) is 0 Å². The number of hydrogen-bond donors (Lipinski definition) is 0. The number of carbonyl (C=O) groups is 2. The van der Waals surface area contributed by atoms with Gasteiger partial charge in [-0.1, -0.05) is 19.9 Å². The molecule has 8 nitrogen and oxygen atoms in total. The number of imidazole rings is 1. The number of nitrogens with zero attached hydrogens (tertiary/aromatic N) is 6. The zero-order chi connectivity index (χ0) is 21.1. The SMILES string of the molecule is CC(C)CC(=O)c1cccc(C(=O)CCc2cnn(-c3cnc4nccn4c3)c2)n1. The molecule has 0 amide bonds. The highest BCUT2D eigenvalue weighted by atomic mass is 16.1. The summed E-state index contributed by atoms with van der Waals surface area (Å²) in [5.41, 5.74) is 2.41. The van der Waals surface area contributed by atoms with Crippen molar-refractivity contribution in [1.82, 2.24) is 29.1 Å². The van der Waals surface area contributed by atoms with E-state index in [0.29, 0.717) is 36.4 Å². The summed E-state index contributed by atoms with van der Waals surface area (Å²) >= 11 is 0. The van der Waals surface area contributed by atoms with E-state index in [4.69, 9.17) is 0 Å². The third-order valence-electron chi connectivity index (χ3n) is 4.69. The zero-order valence-corrected chi connectivity index (χ0v) is 16.9. The van der Waals surface area contributed by atoms with E-state index >= 15 is 0 Å². The molecule has 0 aliphatic carbocycles. The molecule has 0 aliphatic heterocycles. The van der Waals surface area contributed by atoms with Gasteiger partial charge in [0.05, 0.1) is 18.1 Å². The summed E-state index contributed by atoms with van der Waals surface area (Å²) in [5, 5.41) is 4.36. The molecular formula is C22H22N6O2. The maximum Gasteiger partial charge on any atom is 0.233 e. The lowest BCUT2D eigenvalue weighted by atomic mass is 10.0. The van der Waals surface area contributed by atoms with Gasteiger partial charge in [-0.3, -0.25) is 14.0 Å². The van der Waals surface area contributed by atoms with Crippen LogP contribution in [0.15, 0.2) is 55.4 Å². The van der Waals surface area contributed by atoms with Crippen molar-refractivity contribution < 1.29 is 9.59 Å². The smallest absolute Gasteiger partial charge is 0.233 e. The minimum atomic E-state index is -0.0940. The summed E-state index contributed by atoms with van der Waals surface area (Å²) in [7, 11) is 0. The fourth-order valence-corrected chi connectivity index (χ4v) is 3.16. The van der Waals surface area contributed by atoms with Gasteiger partial charge in [-0.2, -0.15) is 5.10 Å². The molecule has 4 heterocycles. The van der Waals surface area contributed by atoms with Gasteiger partial charge < -0.3 is 0 Å². The van der Waals surface area contributed by atoms with Crippen molar-refractivity contribution in [2.24, 2.45) is 5.92 Å². The van der Waals surface area contributed by atoms with Crippen molar-refractivity contribution in [3.8, 4) is 5.69 Å². The minimum absolute atomic E-state index is 0.0376. The molecule has 0 bridgehead atoms. The molecule has 0 unspecified atom stereocenters. The fourth-order valence-electron chi connectivity index (χ4n) is 3.16. The number of ketones is 2. The number of fused-ring (bicyclic) bond motifs is 1. The maximum atomic E-state index is 12.6. The summed E-state index contributed by atoms with van der Waals surface area (Å²) in [5.74, 6) is 0.742. The number of carbonyl (C=O) groups excluding carboxylic acids is 2. The predicted octanol–water partition coefficient (Wildman–Crippen LogP) is 3.35. The molecule has 0 saturated carbocycles. The van der Waals surface area contributed by atoms with Gasteiger partial charge >= 0.3 is 0 Å². The third-order valence-corrected chi connectivity index (χ3v) is 4.69. The van der Waals surface area contributed by atoms with Crippen molar-refractivity contribution in [3.63, 3.8) is 0 Å². The molecule has 30 heavy (non-hydrogen) atoms. The van der Waals surface area contributed by atoms with Crippen LogP contribution in [-0.2, 0) is 6.42 Å². The number of hydrogen-bond acceptors (Lipinski definition) is 6. The molecule has 0 aromatic carbocycles. The van der Waals surface area contributed by atoms with Crippen LogP contribution in [0.5, 0.6) is 0 Å². The number of pyridine rings is 1. The Morgan fingerprint density at radius 1 is 1.03 bits per heavy atom. The summed E-state index contributed by atoms with van der Waals surface area (Å²) in [6, 6.07) is 5.03. The normalized spacial score (nSPS) is 11.3. The molecule has 8 heteroatoms. The van der Waals surface area contributed by atoms with Crippen LogP contribution < -0.4 is 0 Å². The summed E-state index contributed by atoms with van der Waals surface area (Å²) < 4.78 is 3.54.